The van der Waals surface area contributed by atoms with Crippen molar-refractivity contribution in [2.24, 2.45) is 0 Å². The molecule has 0 bridgehead atoms. The van der Waals surface area contributed by atoms with Gasteiger partial charge in [0.15, 0.2) is 0 Å². The molecule has 0 saturated heterocycles. The first-order chi connectivity index (χ1) is 66.7. The van der Waals surface area contributed by atoms with Crippen molar-refractivity contribution in [3.63, 3.8) is 0 Å². The summed E-state index contributed by atoms with van der Waals surface area (Å²) >= 11 is 0. The average Bonchev–Trinajstić information content (AvgIpc) is 1.52. The van der Waals surface area contributed by atoms with Crippen molar-refractivity contribution < 1.29 is 0 Å². The summed E-state index contributed by atoms with van der Waals surface area (Å²) in [4.78, 5) is 29.2. The molecule has 0 spiro atoms. The summed E-state index contributed by atoms with van der Waals surface area (Å²) in [5.74, 6) is 0. The predicted octanol–water partition coefficient (Wildman–Crippen LogP) is 32.4. The molecule has 0 aliphatic carbocycles. The minimum absolute atomic E-state index is 0.928. The van der Waals surface area contributed by atoms with E-state index in [2.05, 4.69) is 474 Å². The van der Waals surface area contributed by atoms with E-state index in [1.54, 1.807) is 0 Å². The first-order valence-electron chi connectivity index (χ1n) is 45.7. The van der Waals surface area contributed by atoms with Crippen LogP contribution in [0.5, 0.6) is 0 Å². The van der Waals surface area contributed by atoms with Gasteiger partial charge in [-0.05, 0) is 298 Å². The van der Waals surface area contributed by atoms with Crippen molar-refractivity contribution in [2.75, 3.05) is 0 Å². The molecule has 135 heavy (non-hydrogen) atoms. The van der Waals surface area contributed by atoms with Crippen LogP contribution in [0.15, 0.2) is 492 Å². The predicted molar refractivity (Wildman–Crippen MR) is 560 cm³/mol. The van der Waals surface area contributed by atoms with Gasteiger partial charge in [-0.15, -0.1) is 0 Å². The van der Waals surface area contributed by atoms with Crippen LogP contribution in [0.4, 0.5) is 0 Å². The number of aromatic nitrogens is 9. The van der Waals surface area contributed by atoms with Gasteiger partial charge in [-0.25, -0.2) is 15.0 Å². The van der Waals surface area contributed by atoms with E-state index in [4.69, 9.17) is 19.9 Å². The maximum absolute atomic E-state index is 5.16. The Morgan fingerprint density at radius 1 is 0.185 bits per heavy atom. The van der Waals surface area contributed by atoms with E-state index in [1.807, 2.05) is 55.0 Å². The van der Waals surface area contributed by atoms with Crippen LogP contribution in [-0.4, -0.2) is 43.1 Å². The average molecular weight is 1730 g/mol. The highest BCUT2D eigenvalue weighted by atomic mass is 15.0. The molecule has 9 nitrogen and oxygen atoms in total. The largest absolute Gasteiger partial charge is 0.299 e. The highest BCUT2D eigenvalue weighted by Gasteiger charge is 2.23. The van der Waals surface area contributed by atoms with Crippen LogP contribution in [0, 0.1) is 13.8 Å². The Hall–Kier alpha value is -17.9. The van der Waals surface area contributed by atoms with Gasteiger partial charge in [0.1, 0.15) is 16.9 Å². The highest BCUT2D eigenvalue weighted by Crippen LogP contribution is 2.45. The van der Waals surface area contributed by atoms with Crippen LogP contribution in [0.2, 0.25) is 0 Å². The number of fused-ring (bicyclic) bond motifs is 8. The van der Waals surface area contributed by atoms with E-state index in [1.165, 1.54) is 82.0 Å². The van der Waals surface area contributed by atoms with Crippen molar-refractivity contribution in [3.8, 4) is 168 Å². The molecular formula is C126H87N9. The molecule has 0 atom stereocenters. The summed E-state index contributed by atoms with van der Waals surface area (Å²) in [5, 5.41) is 9.96. The second-order valence-electron chi connectivity index (χ2n) is 34.4. The van der Waals surface area contributed by atoms with Crippen molar-refractivity contribution >= 4 is 60.0 Å². The molecule has 16 aromatic carbocycles. The van der Waals surface area contributed by atoms with E-state index in [-0.39, 0.29) is 0 Å². The van der Waals surface area contributed by atoms with Gasteiger partial charge in [0, 0.05) is 93.1 Å². The van der Waals surface area contributed by atoms with E-state index in [0.717, 1.165) is 157 Å². The van der Waals surface area contributed by atoms with Gasteiger partial charge in [-0.3, -0.25) is 28.2 Å². The van der Waals surface area contributed by atoms with E-state index in [9.17, 15) is 0 Å². The Morgan fingerprint density at radius 3 is 0.956 bits per heavy atom. The number of rotatable bonds is 15. The lowest BCUT2D eigenvalue weighted by molar-refractivity contribution is 1.12. The molecule has 0 aliphatic rings. The molecule has 0 N–H and O–H groups in total. The number of imidazole rings is 3. The number of nitrogens with zero attached hydrogens (tertiary/aromatic N) is 9. The number of hydrogen-bond donors (Lipinski definition) is 0. The molecule has 0 aliphatic heterocycles. The number of hydrogen-bond acceptors (Lipinski definition) is 6. The lowest BCUT2D eigenvalue weighted by Crippen LogP contribution is -1.92. The van der Waals surface area contributed by atoms with Crippen LogP contribution in [0.25, 0.3) is 228 Å². The van der Waals surface area contributed by atoms with Crippen molar-refractivity contribution in [2.45, 2.75) is 13.8 Å². The Morgan fingerprint density at radius 2 is 0.519 bits per heavy atom. The summed E-state index contributed by atoms with van der Waals surface area (Å²) in [6, 6.07) is 162. The molecule has 25 rings (SSSR count). The molecule has 9 aromatic heterocycles. The highest BCUT2D eigenvalue weighted by molar-refractivity contribution is 6.14. The smallest absolute Gasteiger partial charge is 0.137 e. The Kier molecular flexibility index (Phi) is 21.7. The lowest BCUT2D eigenvalue weighted by atomic mass is 9.89. The van der Waals surface area contributed by atoms with Gasteiger partial charge in [0.25, 0.3) is 0 Å². The zero-order chi connectivity index (χ0) is 90.1. The van der Waals surface area contributed by atoms with Crippen molar-refractivity contribution in [3.05, 3.63) is 504 Å². The third kappa shape index (κ3) is 16.4. The summed E-state index contributed by atoms with van der Waals surface area (Å²) in [7, 11) is 0. The fraction of sp³-hybridized carbons (Fsp3) is 0.0159. The SMILES string of the molecule is Cc1cc(-c2cc(-c3cccc(-c4nc5ccccn5c4-c4ccccc4)c3)cc(-c3cc4ccccc4c4ccccc34)c2)cc(C)n1.c1ccc(-c2c(-c3cccc(-c4cc(-c5ccc6ccccc6c5)cc(-c5ccccn5)c4)c3)nc3ccccn23)cc1.c1ccc(-c2c(-c3cccc(-c4cc(-c5cccnc5)cc(-c5ccc6ccccc6c5)c4)c3)nc3ccccn23)cc1. The van der Waals surface area contributed by atoms with E-state index in [0.29, 0.717) is 0 Å². The van der Waals surface area contributed by atoms with Gasteiger partial charge in [0.05, 0.1) is 39.9 Å². The number of benzene rings is 16. The molecule has 9 heteroatoms. The summed E-state index contributed by atoms with van der Waals surface area (Å²) in [6.45, 7) is 4.14. The van der Waals surface area contributed by atoms with Gasteiger partial charge in [-0.2, -0.15) is 0 Å². The van der Waals surface area contributed by atoms with Gasteiger partial charge in [0.2, 0.25) is 0 Å². The topological polar surface area (TPSA) is 90.6 Å². The maximum Gasteiger partial charge on any atom is 0.137 e. The quantitative estimate of drug-likeness (QED) is 0.0950. The summed E-state index contributed by atoms with van der Waals surface area (Å²) in [6.07, 6.45) is 11.9. The zero-order valence-corrected chi connectivity index (χ0v) is 74.3. The summed E-state index contributed by atoms with van der Waals surface area (Å²) < 4.78 is 6.55. The first-order valence-corrected chi connectivity index (χ1v) is 45.7. The molecule has 9 heterocycles. The third-order valence-electron chi connectivity index (χ3n) is 25.6. The fourth-order valence-corrected chi connectivity index (χ4v) is 19.2. The molecule has 636 valence electrons. The lowest BCUT2D eigenvalue weighted by Gasteiger charge is -2.15. The summed E-state index contributed by atoms with van der Waals surface area (Å²) in [5.41, 5.74) is 38.2. The molecule has 25 aromatic rings. The number of pyridine rings is 6. The van der Waals surface area contributed by atoms with Crippen LogP contribution in [0.1, 0.15) is 11.4 Å². The minimum atomic E-state index is 0.928. The van der Waals surface area contributed by atoms with Crippen LogP contribution >= 0.6 is 0 Å². The molecule has 0 fully saturated rings. The van der Waals surface area contributed by atoms with Gasteiger partial charge >= 0.3 is 0 Å². The minimum Gasteiger partial charge on any atom is -0.299 e. The fourth-order valence-electron chi connectivity index (χ4n) is 19.2. The van der Waals surface area contributed by atoms with Gasteiger partial charge < -0.3 is 0 Å². The molecule has 0 radical (unpaired) electrons. The maximum atomic E-state index is 5.16. The Bertz CT molecular complexity index is 8420. The molecule has 0 unspecified atom stereocenters. The van der Waals surface area contributed by atoms with Crippen LogP contribution in [-0.2, 0) is 0 Å². The van der Waals surface area contributed by atoms with Crippen molar-refractivity contribution in [1.82, 2.24) is 43.1 Å². The van der Waals surface area contributed by atoms with Crippen LogP contribution in [0.3, 0.4) is 0 Å². The monoisotopic (exact) mass is 1730 g/mol. The van der Waals surface area contributed by atoms with Crippen LogP contribution < -0.4 is 0 Å². The third-order valence-corrected chi connectivity index (χ3v) is 25.6. The second kappa shape index (κ2) is 35.8. The Balaban J connectivity index is 0.000000114. The van der Waals surface area contributed by atoms with E-state index >= 15 is 0 Å². The second-order valence-corrected chi connectivity index (χ2v) is 34.4. The standard InChI is InChI=1S/C46H33N3.2C40H27N3/c1-30-23-36(24-31(2)47-30)38-26-37(27-39(28-38)43-29-34-15-6-7-18-40(34)41-19-8-9-20-42(41)43)33-16-12-17-35(25-33)45-46(32-13-4-3-5-14-32)49-22-11-10-21-44(49)48-45;1-2-12-29(13-3-1)40-39(42-38-18-7-9-22-43(38)40)33-16-10-15-31(24-33)34-25-35(27-36(26-34)37-17-6-8-21-41-37)32-20-19-28-11-4-5-14-30(28)23-32;1-2-11-29(12-3-1)40-39(42-38-17-6-7-21-43(38)40)33-15-8-14-31(23-33)35-24-36(26-37(25-35)34-16-9-20-41-27-34)32-19-18-28-10-4-5-13-30(28)22-32/h3-29H,1-2H3;2*1-27H. The first kappa shape index (κ1) is 81.6. The normalized spacial score (nSPS) is 11.3. The van der Waals surface area contributed by atoms with Gasteiger partial charge in [-0.1, -0.05) is 297 Å². The Labute approximate surface area is 783 Å². The molecule has 0 amide bonds. The van der Waals surface area contributed by atoms with Crippen molar-refractivity contribution in [1.29, 1.82) is 0 Å². The molecular weight excluding hydrogens is 1640 g/mol. The zero-order valence-electron chi connectivity index (χ0n) is 74.3. The number of aryl methyl sites for hydroxylation is 2. The molecule has 0 saturated carbocycles. The van der Waals surface area contributed by atoms with E-state index < -0.39 is 0 Å².